The molecule has 6 rings (SSSR count). The molecule has 182 valence electrons. The van der Waals surface area contributed by atoms with Crippen LogP contribution in [0.3, 0.4) is 0 Å². The van der Waals surface area contributed by atoms with Crippen molar-refractivity contribution < 1.29 is 23.7 Å². The van der Waals surface area contributed by atoms with E-state index in [1.165, 1.54) is 0 Å². The van der Waals surface area contributed by atoms with Crippen molar-refractivity contribution in [1.82, 2.24) is 25.5 Å². The van der Waals surface area contributed by atoms with Gasteiger partial charge in [-0.15, -0.1) is 0 Å². The van der Waals surface area contributed by atoms with Gasteiger partial charge in [0, 0.05) is 30.4 Å². The molecule has 4 atom stereocenters. The number of hydrogen-bond donors (Lipinski definition) is 1. The Morgan fingerprint density at radius 3 is 2.69 bits per heavy atom. The maximum atomic E-state index is 12.6. The van der Waals surface area contributed by atoms with Gasteiger partial charge in [0.2, 0.25) is 0 Å². The summed E-state index contributed by atoms with van der Waals surface area (Å²) >= 11 is 0. The molecule has 1 aromatic heterocycles. The average molecular weight is 479 g/mol. The van der Waals surface area contributed by atoms with E-state index in [1.807, 2.05) is 42.5 Å². The van der Waals surface area contributed by atoms with E-state index in [9.17, 15) is 4.79 Å². The van der Waals surface area contributed by atoms with Crippen LogP contribution in [0.2, 0.25) is 0 Å². The lowest BCUT2D eigenvalue weighted by Crippen LogP contribution is -2.44. The van der Waals surface area contributed by atoms with Crippen molar-refractivity contribution in [1.29, 1.82) is 0 Å². The summed E-state index contributed by atoms with van der Waals surface area (Å²) < 4.78 is 25.2. The first-order valence-corrected chi connectivity index (χ1v) is 11.7. The molecule has 1 N–H and O–H groups in total. The van der Waals surface area contributed by atoms with Crippen LogP contribution in [0, 0.1) is 0 Å². The lowest BCUT2D eigenvalue weighted by Gasteiger charge is -2.29. The minimum absolute atomic E-state index is 0.154. The highest BCUT2D eigenvalue weighted by molar-refractivity contribution is 5.94. The molecular formula is C24H26N6O5. The fourth-order valence-electron chi connectivity index (χ4n) is 4.79. The summed E-state index contributed by atoms with van der Waals surface area (Å²) in [6.45, 7) is 3.79. The van der Waals surface area contributed by atoms with Crippen molar-refractivity contribution in [3.05, 3.63) is 60.2 Å². The third kappa shape index (κ3) is 4.45. The zero-order valence-electron chi connectivity index (χ0n) is 19.0. The average Bonchev–Trinajstić information content (AvgIpc) is 3.63. The van der Waals surface area contributed by atoms with Crippen LogP contribution in [-0.4, -0.2) is 83.9 Å². The number of tetrazole rings is 1. The number of anilines is 1. The van der Waals surface area contributed by atoms with Crippen LogP contribution >= 0.6 is 0 Å². The Morgan fingerprint density at radius 2 is 1.83 bits per heavy atom. The molecule has 2 aromatic carbocycles. The van der Waals surface area contributed by atoms with Gasteiger partial charge in [-0.1, -0.05) is 29.4 Å². The number of nitrogens with one attached hydrogen (secondary N) is 1. The van der Waals surface area contributed by atoms with E-state index in [1.54, 1.807) is 16.8 Å². The number of amides is 1. The van der Waals surface area contributed by atoms with E-state index in [0.717, 1.165) is 18.8 Å². The van der Waals surface area contributed by atoms with Crippen LogP contribution in [0.5, 0.6) is 11.8 Å². The number of carbonyl (C=O) groups excluding carboxylic acids is 1. The van der Waals surface area contributed by atoms with E-state index < -0.39 is 0 Å². The van der Waals surface area contributed by atoms with Gasteiger partial charge in [-0.2, -0.15) is 4.68 Å². The van der Waals surface area contributed by atoms with Crippen LogP contribution in [0.1, 0.15) is 16.4 Å². The first kappa shape index (κ1) is 22.0. The number of benzene rings is 2. The molecule has 0 unspecified atom stereocenters. The predicted molar refractivity (Wildman–Crippen MR) is 124 cm³/mol. The first-order chi connectivity index (χ1) is 17.3. The normalized spacial score (nSPS) is 25.9. The maximum Gasteiger partial charge on any atom is 0.341 e. The Hall–Kier alpha value is -3.54. The first-order valence-electron chi connectivity index (χ1n) is 11.7. The van der Waals surface area contributed by atoms with Gasteiger partial charge in [0.05, 0.1) is 32.5 Å². The Labute approximate surface area is 201 Å². The van der Waals surface area contributed by atoms with Crippen molar-refractivity contribution in [3.63, 3.8) is 0 Å². The van der Waals surface area contributed by atoms with Crippen molar-refractivity contribution >= 4 is 11.6 Å². The van der Waals surface area contributed by atoms with Gasteiger partial charge in [0.1, 0.15) is 24.0 Å². The van der Waals surface area contributed by atoms with Gasteiger partial charge < -0.3 is 29.2 Å². The molecule has 3 aliphatic rings. The summed E-state index contributed by atoms with van der Waals surface area (Å²) in [5, 5.41) is 15.1. The molecule has 1 amide bonds. The second-order valence-corrected chi connectivity index (χ2v) is 8.71. The van der Waals surface area contributed by atoms with Gasteiger partial charge in [-0.05, 0) is 34.7 Å². The summed E-state index contributed by atoms with van der Waals surface area (Å²) in [7, 11) is 0. The Bertz CT molecular complexity index is 1170. The molecule has 3 aromatic rings. The third-order valence-electron chi connectivity index (χ3n) is 6.56. The molecule has 0 aliphatic carbocycles. The molecule has 11 nitrogen and oxygen atoms in total. The zero-order chi connectivity index (χ0) is 23.6. The highest BCUT2D eigenvalue weighted by Crippen LogP contribution is 2.36. The van der Waals surface area contributed by atoms with Crippen LogP contribution in [-0.2, 0) is 14.2 Å². The zero-order valence-corrected chi connectivity index (χ0v) is 19.0. The number of carbonyl (C=O) groups is 1. The van der Waals surface area contributed by atoms with Crippen molar-refractivity contribution in [2.45, 2.75) is 24.3 Å². The molecule has 3 aliphatic heterocycles. The number of nitrogens with zero attached hydrogens (tertiary/aromatic N) is 5. The second kappa shape index (κ2) is 9.61. The van der Waals surface area contributed by atoms with Gasteiger partial charge in [0.15, 0.2) is 0 Å². The van der Waals surface area contributed by atoms with Gasteiger partial charge in [-0.25, -0.2) is 0 Å². The number of morpholine rings is 1. The number of fused-ring (bicyclic) bond motifs is 1. The Morgan fingerprint density at radius 1 is 1.00 bits per heavy atom. The highest BCUT2D eigenvalue weighted by atomic mass is 16.6. The van der Waals surface area contributed by atoms with Crippen LogP contribution in [0.4, 0.5) is 5.69 Å². The SMILES string of the molecule is O=C(N[C@H]1CO[C@H]2[C@@H]1OC[C@@H]2n1nnnc1Oc1cccc(N2CCOCC2)c1)c1ccccc1. The lowest BCUT2D eigenvalue weighted by atomic mass is 10.1. The highest BCUT2D eigenvalue weighted by Gasteiger charge is 2.50. The smallest absolute Gasteiger partial charge is 0.341 e. The lowest BCUT2D eigenvalue weighted by molar-refractivity contribution is 0.0606. The van der Waals surface area contributed by atoms with Crippen molar-refractivity contribution in [2.75, 3.05) is 44.4 Å². The molecule has 0 saturated carbocycles. The fraction of sp³-hybridized carbons (Fsp3) is 0.417. The van der Waals surface area contributed by atoms with E-state index in [0.29, 0.717) is 37.7 Å². The summed E-state index contributed by atoms with van der Waals surface area (Å²) in [4.78, 5) is 14.9. The van der Waals surface area contributed by atoms with E-state index in [-0.39, 0.29) is 36.2 Å². The fourth-order valence-corrected chi connectivity index (χ4v) is 4.79. The third-order valence-corrected chi connectivity index (χ3v) is 6.56. The molecule has 4 heterocycles. The molecule has 3 fully saturated rings. The minimum atomic E-state index is -0.304. The number of hydrogen-bond acceptors (Lipinski definition) is 9. The van der Waals surface area contributed by atoms with E-state index in [4.69, 9.17) is 18.9 Å². The molecule has 0 radical (unpaired) electrons. The van der Waals surface area contributed by atoms with Crippen molar-refractivity contribution in [3.8, 4) is 11.8 Å². The Balaban J connectivity index is 1.14. The molecule has 11 heteroatoms. The standard InChI is InChI=1S/C24H26N6O5/c31-23(16-5-2-1-3-6-16)25-19-14-33-22-20(15-34-21(19)22)30-24(26-27-28-30)35-18-8-4-7-17(13-18)29-9-11-32-12-10-29/h1-8,13,19-22H,9-12,14-15H2,(H,25,31)/t19-,20-,21+,22+/m0/s1. The minimum Gasteiger partial charge on any atom is -0.423 e. The number of ether oxygens (including phenoxy) is 4. The quantitative estimate of drug-likeness (QED) is 0.562. The summed E-state index contributed by atoms with van der Waals surface area (Å²) in [6, 6.07) is 16.7. The molecule has 0 spiro atoms. The van der Waals surface area contributed by atoms with Gasteiger partial charge in [-0.3, -0.25) is 4.79 Å². The van der Waals surface area contributed by atoms with E-state index >= 15 is 0 Å². The van der Waals surface area contributed by atoms with Gasteiger partial charge >= 0.3 is 6.01 Å². The van der Waals surface area contributed by atoms with Crippen molar-refractivity contribution in [2.24, 2.45) is 0 Å². The largest absolute Gasteiger partial charge is 0.423 e. The van der Waals surface area contributed by atoms with Crippen LogP contribution in [0.15, 0.2) is 54.6 Å². The molecular weight excluding hydrogens is 452 g/mol. The molecule has 0 bridgehead atoms. The molecule has 3 saturated heterocycles. The predicted octanol–water partition coefficient (Wildman–Crippen LogP) is 1.44. The van der Waals surface area contributed by atoms with Gasteiger partial charge in [0.25, 0.3) is 5.91 Å². The topological polar surface area (TPSA) is 113 Å². The Kier molecular flexibility index (Phi) is 6.03. The summed E-state index contributed by atoms with van der Waals surface area (Å²) in [6.07, 6.45) is -0.601. The van der Waals surface area contributed by atoms with E-state index in [2.05, 4.69) is 25.7 Å². The monoisotopic (exact) mass is 478 g/mol. The molecule has 35 heavy (non-hydrogen) atoms. The summed E-state index contributed by atoms with van der Waals surface area (Å²) in [5.74, 6) is 0.486. The number of aromatic nitrogens is 4. The second-order valence-electron chi connectivity index (χ2n) is 8.71. The van der Waals surface area contributed by atoms with Crippen LogP contribution in [0.25, 0.3) is 0 Å². The van der Waals surface area contributed by atoms with Crippen LogP contribution < -0.4 is 15.0 Å². The number of rotatable bonds is 6. The summed E-state index contributed by atoms with van der Waals surface area (Å²) in [5.41, 5.74) is 1.66. The maximum absolute atomic E-state index is 12.6.